The number of thioether (sulfide) groups is 1. The molecule has 3 rings (SSSR count). The van der Waals surface area contributed by atoms with Gasteiger partial charge in [-0.15, -0.1) is 0 Å². The molecular formula is C18H24F3N3OS. The van der Waals surface area contributed by atoms with E-state index >= 15 is 0 Å². The first-order valence-corrected chi connectivity index (χ1v) is 10.3. The highest BCUT2D eigenvalue weighted by molar-refractivity contribution is 7.99. The topological polar surface area (TPSA) is 54.9 Å². The van der Waals surface area contributed by atoms with Gasteiger partial charge in [-0.3, -0.25) is 4.79 Å². The third-order valence-corrected chi connectivity index (χ3v) is 6.42. The van der Waals surface area contributed by atoms with Crippen molar-refractivity contribution in [3.8, 4) is 0 Å². The van der Waals surface area contributed by atoms with Gasteiger partial charge in [-0.1, -0.05) is 6.42 Å². The summed E-state index contributed by atoms with van der Waals surface area (Å²) in [5.41, 5.74) is -0.341. The molecule has 0 radical (unpaired) electrons. The van der Waals surface area contributed by atoms with Crippen LogP contribution in [0.1, 0.15) is 54.9 Å². The van der Waals surface area contributed by atoms with Crippen LogP contribution >= 0.6 is 11.8 Å². The first kappa shape index (κ1) is 19.5. The van der Waals surface area contributed by atoms with Gasteiger partial charge in [-0.05, 0) is 51.7 Å². The second-order valence-corrected chi connectivity index (χ2v) is 8.35. The number of hydrogen-bond acceptors (Lipinski definition) is 4. The van der Waals surface area contributed by atoms with Crippen LogP contribution in [0.15, 0.2) is 0 Å². The quantitative estimate of drug-likeness (QED) is 0.859. The van der Waals surface area contributed by atoms with Crippen molar-refractivity contribution >= 4 is 17.7 Å². The Hall–Kier alpha value is -1.31. The molecule has 26 heavy (non-hydrogen) atoms. The van der Waals surface area contributed by atoms with Gasteiger partial charge < -0.3 is 5.32 Å². The normalized spacial score (nSPS) is 26.3. The number of aryl methyl sites for hydroxylation is 2. The molecule has 3 atom stereocenters. The molecule has 1 aromatic heterocycles. The predicted molar refractivity (Wildman–Crippen MR) is 95.0 cm³/mol. The molecule has 2 aliphatic rings. The second kappa shape index (κ2) is 7.74. The van der Waals surface area contributed by atoms with Crippen molar-refractivity contribution in [3.63, 3.8) is 0 Å². The van der Waals surface area contributed by atoms with E-state index in [4.69, 9.17) is 0 Å². The molecule has 1 fully saturated rings. The molecule has 1 saturated carbocycles. The summed E-state index contributed by atoms with van der Waals surface area (Å²) < 4.78 is 40.0. The Morgan fingerprint density at radius 1 is 1.23 bits per heavy atom. The highest BCUT2D eigenvalue weighted by atomic mass is 32.2. The molecule has 0 unspecified atom stereocenters. The summed E-state index contributed by atoms with van der Waals surface area (Å²) in [5, 5.41) is 3.63. The molecule has 8 heteroatoms. The summed E-state index contributed by atoms with van der Waals surface area (Å²) in [6.07, 6.45) is 2.66. The smallest absolute Gasteiger partial charge is 0.353 e. The van der Waals surface area contributed by atoms with Crippen LogP contribution in [-0.4, -0.2) is 33.4 Å². The summed E-state index contributed by atoms with van der Waals surface area (Å²) in [7, 11) is 0. The van der Waals surface area contributed by atoms with Gasteiger partial charge in [0.25, 0.3) is 0 Å². The lowest BCUT2D eigenvalue weighted by molar-refractivity contribution is -0.142. The molecule has 0 aliphatic heterocycles. The van der Waals surface area contributed by atoms with Gasteiger partial charge >= 0.3 is 6.18 Å². The van der Waals surface area contributed by atoms with Crippen LogP contribution in [-0.2, 0) is 23.8 Å². The molecule has 1 amide bonds. The molecule has 0 bridgehead atoms. The van der Waals surface area contributed by atoms with Gasteiger partial charge in [0.2, 0.25) is 5.91 Å². The van der Waals surface area contributed by atoms with E-state index in [0.717, 1.165) is 25.7 Å². The first-order chi connectivity index (χ1) is 12.3. The molecule has 0 spiro atoms. The van der Waals surface area contributed by atoms with Crippen LogP contribution in [0.3, 0.4) is 0 Å². The maximum Gasteiger partial charge on any atom is 0.433 e. The fourth-order valence-electron chi connectivity index (χ4n) is 4.00. The average molecular weight is 387 g/mol. The van der Waals surface area contributed by atoms with E-state index in [1.165, 1.54) is 6.92 Å². The number of nitrogens with one attached hydrogen (secondary N) is 1. The third kappa shape index (κ3) is 4.32. The molecule has 0 saturated heterocycles. The number of aromatic nitrogens is 2. The van der Waals surface area contributed by atoms with E-state index in [0.29, 0.717) is 23.8 Å². The van der Waals surface area contributed by atoms with E-state index < -0.39 is 17.8 Å². The van der Waals surface area contributed by atoms with E-state index in [9.17, 15) is 18.0 Å². The summed E-state index contributed by atoms with van der Waals surface area (Å²) >= 11 is 1.82. The van der Waals surface area contributed by atoms with Gasteiger partial charge in [0.1, 0.15) is 5.82 Å². The number of amides is 1. The Balaban J connectivity index is 1.72. The molecular weight excluding hydrogens is 363 g/mol. The Labute approximate surface area is 155 Å². The van der Waals surface area contributed by atoms with Crippen molar-refractivity contribution in [2.45, 2.75) is 69.3 Å². The predicted octanol–water partition coefficient (Wildman–Crippen LogP) is 3.70. The lowest BCUT2D eigenvalue weighted by Gasteiger charge is -2.31. The summed E-state index contributed by atoms with van der Waals surface area (Å²) in [6.45, 7) is 1.47. The van der Waals surface area contributed by atoms with Crippen molar-refractivity contribution in [1.82, 2.24) is 15.3 Å². The summed E-state index contributed by atoms with van der Waals surface area (Å²) in [5.74, 6) is -0.440. The zero-order valence-electron chi connectivity index (χ0n) is 15.0. The molecule has 1 heterocycles. The first-order valence-electron chi connectivity index (χ1n) is 9.04. The van der Waals surface area contributed by atoms with Gasteiger partial charge in [0.15, 0.2) is 5.69 Å². The van der Waals surface area contributed by atoms with Crippen molar-refractivity contribution in [3.05, 3.63) is 22.8 Å². The maximum absolute atomic E-state index is 13.3. The number of alkyl halides is 3. The second-order valence-electron chi connectivity index (χ2n) is 7.21. The largest absolute Gasteiger partial charge is 0.433 e. The SMILES string of the molecule is CS[C@@H]1CCC[C@H](NC(=O)[C@@H]2CCc3nc(C)nc(C(F)(F)F)c3C2)C1. The monoisotopic (exact) mass is 387 g/mol. The highest BCUT2D eigenvalue weighted by Gasteiger charge is 2.40. The maximum atomic E-state index is 13.3. The number of halogens is 3. The van der Waals surface area contributed by atoms with Crippen LogP contribution in [0.4, 0.5) is 13.2 Å². The number of rotatable bonds is 3. The minimum atomic E-state index is -4.52. The standard InChI is InChI=1S/C18H24F3N3OS/c1-10-22-15-7-6-11(8-14(15)16(23-10)18(19,20)21)17(25)24-12-4-3-5-13(9-12)26-2/h11-13H,3-9H2,1-2H3,(H,24,25)/t11-,12+,13-/m1/s1. The fourth-order valence-corrected chi connectivity index (χ4v) is 4.83. The average Bonchev–Trinajstić information content (AvgIpc) is 2.60. The highest BCUT2D eigenvalue weighted by Crippen LogP contribution is 2.36. The fraction of sp³-hybridized carbons (Fsp3) is 0.722. The Morgan fingerprint density at radius 2 is 2.00 bits per heavy atom. The number of carbonyl (C=O) groups excluding carboxylic acids is 1. The lowest BCUT2D eigenvalue weighted by atomic mass is 9.84. The van der Waals surface area contributed by atoms with E-state index in [1.807, 2.05) is 11.8 Å². The molecule has 4 nitrogen and oxygen atoms in total. The van der Waals surface area contributed by atoms with Crippen molar-refractivity contribution in [2.24, 2.45) is 5.92 Å². The molecule has 1 N–H and O–H groups in total. The summed E-state index contributed by atoms with van der Waals surface area (Å²) in [6, 6.07) is 0.131. The van der Waals surface area contributed by atoms with E-state index in [-0.39, 0.29) is 29.8 Å². The molecule has 1 aromatic rings. The van der Waals surface area contributed by atoms with Gasteiger partial charge in [0, 0.05) is 28.5 Å². The number of carbonyl (C=O) groups is 1. The number of nitrogens with zero attached hydrogens (tertiary/aromatic N) is 2. The number of fused-ring (bicyclic) bond motifs is 1. The molecule has 0 aromatic carbocycles. The Bertz CT molecular complexity index is 680. The van der Waals surface area contributed by atoms with Crippen molar-refractivity contribution in [1.29, 1.82) is 0 Å². The Morgan fingerprint density at radius 3 is 2.69 bits per heavy atom. The van der Waals surface area contributed by atoms with Gasteiger partial charge in [-0.25, -0.2) is 9.97 Å². The van der Waals surface area contributed by atoms with E-state index in [1.54, 1.807) is 0 Å². The third-order valence-electron chi connectivity index (χ3n) is 5.33. The van der Waals surface area contributed by atoms with Crippen LogP contribution in [0.5, 0.6) is 0 Å². The molecule has 144 valence electrons. The van der Waals surface area contributed by atoms with Crippen LogP contribution in [0, 0.1) is 12.8 Å². The number of hydrogen-bond donors (Lipinski definition) is 1. The van der Waals surface area contributed by atoms with Crippen LogP contribution in [0.25, 0.3) is 0 Å². The van der Waals surface area contributed by atoms with Crippen LogP contribution in [0.2, 0.25) is 0 Å². The summed E-state index contributed by atoms with van der Waals surface area (Å²) in [4.78, 5) is 20.4. The zero-order chi connectivity index (χ0) is 18.9. The van der Waals surface area contributed by atoms with Gasteiger partial charge in [-0.2, -0.15) is 24.9 Å². The minimum Gasteiger partial charge on any atom is -0.353 e. The van der Waals surface area contributed by atoms with Crippen molar-refractivity contribution < 1.29 is 18.0 Å². The lowest BCUT2D eigenvalue weighted by Crippen LogP contribution is -2.43. The van der Waals surface area contributed by atoms with Crippen LogP contribution < -0.4 is 5.32 Å². The van der Waals surface area contributed by atoms with Crippen molar-refractivity contribution in [2.75, 3.05) is 6.26 Å². The van der Waals surface area contributed by atoms with E-state index in [2.05, 4.69) is 21.5 Å². The zero-order valence-corrected chi connectivity index (χ0v) is 15.8. The minimum absolute atomic E-state index is 0.0645. The van der Waals surface area contributed by atoms with Gasteiger partial charge in [0.05, 0.1) is 0 Å². The molecule has 2 aliphatic carbocycles. The Kier molecular flexibility index (Phi) is 5.79.